The van der Waals surface area contributed by atoms with Gasteiger partial charge in [0.25, 0.3) is 0 Å². The zero-order valence-corrected chi connectivity index (χ0v) is 15.7. The normalized spacial score (nSPS) is 14.6. The first-order valence-corrected chi connectivity index (χ1v) is 8.65. The van der Waals surface area contributed by atoms with Gasteiger partial charge in [-0.15, -0.1) is 0 Å². The minimum Gasteiger partial charge on any atom is -0.493 e. The molecular formula is C20H15ClFNO5. The van der Waals surface area contributed by atoms with Gasteiger partial charge in [-0.05, 0) is 42.0 Å². The van der Waals surface area contributed by atoms with Crippen LogP contribution in [0.4, 0.5) is 4.39 Å². The van der Waals surface area contributed by atoms with Crippen LogP contribution in [-0.4, -0.2) is 24.9 Å². The number of aliphatic imine (C=N–C) groups is 1. The number of carbonyl (C=O) groups is 2. The molecule has 0 N–H and O–H groups in total. The summed E-state index contributed by atoms with van der Waals surface area (Å²) in [6, 6.07) is 8.60. The van der Waals surface area contributed by atoms with E-state index in [1.54, 1.807) is 19.1 Å². The van der Waals surface area contributed by atoms with Crippen molar-refractivity contribution in [3.05, 3.63) is 64.1 Å². The van der Waals surface area contributed by atoms with Crippen LogP contribution in [-0.2, 0) is 14.3 Å². The molecule has 0 atom stereocenters. The third kappa shape index (κ3) is 4.20. The average Bonchev–Trinajstić information content (AvgIpc) is 3.04. The minimum atomic E-state index is -0.684. The van der Waals surface area contributed by atoms with Crippen LogP contribution >= 0.6 is 11.6 Å². The second kappa shape index (κ2) is 8.22. The second-order valence-corrected chi connectivity index (χ2v) is 6.12. The van der Waals surface area contributed by atoms with Gasteiger partial charge in [-0.2, -0.15) is 0 Å². The molecule has 0 aromatic heterocycles. The zero-order chi connectivity index (χ0) is 20.3. The first kappa shape index (κ1) is 19.6. The number of ether oxygens (including phenoxy) is 3. The lowest BCUT2D eigenvalue weighted by atomic mass is 10.1. The van der Waals surface area contributed by atoms with Gasteiger partial charge in [-0.1, -0.05) is 24.6 Å². The van der Waals surface area contributed by atoms with Crippen molar-refractivity contribution in [3.63, 3.8) is 0 Å². The molecule has 6 nitrogen and oxygen atoms in total. The topological polar surface area (TPSA) is 74.2 Å². The molecule has 0 saturated heterocycles. The van der Waals surface area contributed by atoms with E-state index in [2.05, 4.69) is 4.99 Å². The van der Waals surface area contributed by atoms with E-state index in [4.69, 9.17) is 25.8 Å². The lowest BCUT2D eigenvalue weighted by molar-refractivity contribution is -0.134. The van der Waals surface area contributed by atoms with E-state index in [0.29, 0.717) is 11.1 Å². The fraction of sp³-hybridized carbons (Fsp3) is 0.150. The predicted molar refractivity (Wildman–Crippen MR) is 101 cm³/mol. The van der Waals surface area contributed by atoms with Gasteiger partial charge in [0.15, 0.2) is 17.2 Å². The molecule has 28 heavy (non-hydrogen) atoms. The summed E-state index contributed by atoms with van der Waals surface area (Å²) in [4.78, 5) is 27.8. The summed E-state index contributed by atoms with van der Waals surface area (Å²) in [5.74, 6) is -1.30. The molecule has 2 aromatic rings. The number of benzene rings is 2. The Morgan fingerprint density at radius 1 is 1.32 bits per heavy atom. The molecule has 0 unspecified atom stereocenters. The van der Waals surface area contributed by atoms with Crippen molar-refractivity contribution in [2.24, 2.45) is 4.99 Å². The van der Waals surface area contributed by atoms with Gasteiger partial charge in [-0.25, -0.2) is 14.2 Å². The van der Waals surface area contributed by atoms with E-state index in [9.17, 15) is 14.0 Å². The third-order valence-corrected chi connectivity index (χ3v) is 4.03. The first-order valence-electron chi connectivity index (χ1n) is 8.28. The highest BCUT2D eigenvalue weighted by Gasteiger charge is 2.25. The Kier molecular flexibility index (Phi) is 5.75. The molecule has 0 fully saturated rings. The summed E-state index contributed by atoms with van der Waals surface area (Å²) < 4.78 is 28.9. The Hall–Kier alpha value is -3.19. The van der Waals surface area contributed by atoms with Crippen LogP contribution in [0, 0.1) is 5.82 Å². The van der Waals surface area contributed by atoms with Crippen molar-refractivity contribution in [2.45, 2.75) is 13.3 Å². The molecule has 8 heteroatoms. The summed E-state index contributed by atoms with van der Waals surface area (Å²) >= 11 is 6.20. The molecule has 1 heterocycles. The lowest BCUT2D eigenvalue weighted by Crippen LogP contribution is -2.07. The number of rotatable bonds is 5. The molecule has 3 rings (SSSR count). The molecule has 144 valence electrons. The van der Waals surface area contributed by atoms with Crippen molar-refractivity contribution in [2.75, 3.05) is 7.11 Å². The Bertz CT molecular complexity index is 1020. The third-order valence-electron chi connectivity index (χ3n) is 3.75. The van der Waals surface area contributed by atoms with Gasteiger partial charge in [0.2, 0.25) is 5.90 Å². The van der Waals surface area contributed by atoms with Gasteiger partial charge in [0.05, 0.1) is 12.1 Å². The minimum absolute atomic E-state index is 0.00214. The van der Waals surface area contributed by atoms with Crippen LogP contribution in [0.15, 0.2) is 47.1 Å². The number of methoxy groups -OCH3 is 1. The highest BCUT2D eigenvalue weighted by atomic mass is 35.5. The molecule has 0 bridgehead atoms. The van der Waals surface area contributed by atoms with Gasteiger partial charge < -0.3 is 14.2 Å². The number of hydrogen-bond acceptors (Lipinski definition) is 6. The van der Waals surface area contributed by atoms with E-state index >= 15 is 0 Å². The Morgan fingerprint density at radius 3 is 2.79 bits per heavy atom. The first-order chi connectivity index (χ1) is 13.4. The van der Waals surface area contributed by atoms with E-state index < -0.39 is 17.8 Å². The number of cyclic esters (lactones) is 1. The Labute approximate surface area is 165 Å². The summed E-state index contributed by atoms with van der Waals surface area (Å²) in [5, 5.41) is 0.133. The molecule has 1 aliphatic heterocycles. The molecule has 0 aliphatic carbocycles. The number of nitrogens with zero attached hydrogens (tertiary/aromatic N) is 1. The maximum absolute atomic E-state index is 13.4. The molecule has 0 saturated carbocycles. The largest absolute Gasteiger partial charge is 0.493 e. The van der Waals surface area contributed by atoms with E-state index in [0.717, 1.165) is 0 Å². The molecule has 2 aromatic carbocycles. The van der Waals surface area contributed by atoms with E-state index in [1.807, 2.05) is 0 Å². The Morgan fingerprint density at radius 2 is 2.11 bits per heavy atom. The summed E-state index contributed by atoms with van der Waals surface area (Å²) in [7, 11) is 1.40. The average molecular weight is 404 g/mol. The smallest absolute Gasteiger partial charge is 0.363 e. The van der Waals surface area contributed by atoms with Crippen LogP contribution in [0.1, 0.15) is 24.5 Å². The van der Waals surface area contributed by atoms with Crippen molar-refractivity contribution in [1.82, 2.24) is 0 Å². The molecule has 0 radical (unpaired) electrons. The van der Waals surface area contributed by atoms with Crippen LogP contribution < -0.4 is 9.47 Å². The van der Waals surface area contributed by atoms with Crippen molar-refractivity contribution in [1.29, 1.82) is 0 Å². The van der Waals surface area contributed by atoms with Gasteiger partial charge in [0.1, 0.15) is 5.82 Å². The van der Waals surface area contributed by atoms with E-state index in [-0.39, 0.29) is 34.5 Å². The number of halogens is 2. The summed E-state index contributed by atoms with van der Waals surface area (Å²) in [6.45, 7) is 1.65. The molecule has 0 amide bonds. The Balaban J connectivity index is 1.95. The van der Waals surface area contributed by atoms with Crippen molar-refractivity contribution < 1.29 is 28.2 Å². The SMILES string of the molecule is CCC(=O)Oc1c(Cl)cc(/C=C2\N=C(c3cccc(F)c3)OC2=O)cc1OC. The lowest BCUT2D eigenvalue weighted by Gasteiger charge is -2.11. The van der Waals surface area contributed by atoms with Crippen molar-refractivity contribution >= 4 is 35.5 Å². The van der Waals surface area contributed by atoms with E-state index in [1.165, 1.54) is 37.5 Å². The molecule has 1 aliphatic rings. The fourth-order valence-corrected chi connectivity index (χ4v) is 2.68. The van der Waals surface area contributed by atoms with Crippen LogP contribution in [0.3, 0.4) is 0 Å². The number of esters is 2. The number of carbonyl (C=O) groups excluding carboxylic acids is 2. The molecule has 0 spiro atoms. The highest BCUT2D eigenvalue weighted by molar-refractivity contribution is 6.32. The second-order valence-electron chi connectivity index (χ2n) is 5.71. The van der Waals surface area contributed by atoms with Gasteiger partial charge in [-0.3, -0.25) is 4.79 Å². The van der Waals surface area contributed by atoms with Gasteiger partial charge >= 0.3 is 11.9 Å². The quantitative estimate of drug-likeness (QED) is 0.426. The monoisotopic (exact) mass is 403 g/mol. The highest BCUT2D eigenvalue weighted by Crippen LogP contribution is 2.37. The van der Waals surface area contributed by atoms with Crippen LogP contribution in [0.25, 0.3) is 6.08 Å². The predicted octanol–water partition coefficient (Wildman–Crippen LogP) is 4.15. The standard InChI is InChI=1S/C20H15ClFNO5/c1-3-17(24)27-18-14(21)7-11(9-16(18)26-2)8-15-20(25)28-19(23-15)12-5-4-6-13(22)10-12/h4-10H,3H2,1-2H3/b15-8-. The summed E-state index contributed by atoms with van der Waals surface area (Å²) in [5.41, 5.74) is 0.833. The van der Waals surface area contributed by atoms with Gasteiger partial charge in [0, 0.05) is 12.0 Å². The zero-order valence-electron chi connectivity index (χ0n) is 15.0. The summed E-state index contributed by atoms with van der Waals surface area (Å²) in [6.07, 6.45) is 1.61. The van der Waals surface area contributed by atoms with Crippen molar-refractivity contribution in [3.8, 4) is 11.5 Å². The molecular weight excluding hydrogens is 389 g/mol. The van der Waals surface area contributed by atoms with Crippen LogP contribution in [0.2, 0.25) is 5.02 Å². The number of hydrogen-bond donors (Lipinski definition) is 0. The fourth-order valence-electron chi connectivity index (χ4n) is 2.42. The van der Waals surface area contributed by atoms with Crippen LogP contribution in [0.5, 0.6) is 11.5 Å². The maximum atomic E-state index is 13.4. The maximum Gasteiger partial charge on any atom is 0.363 e.